The van der Waals surface area contributed by atoms with Crippen molar-refractivity contribution in [3.8, 4) is 0 Å². The van der Waals surface area contributed by atoms with Crippen molar-refractivity contribution in [3.05, 3.63) is 35.2 Å². The Balaban J connectivity index is 2.42. The highest BCUT2D eigenvalue weighted by Crippen LogP contribution is 2.63. The van der Waals surface area contributed by atoms with Crippen molar-refractivity contribution in [2.45, 2.75) is 39.3 Å². The molecule has 0 N–H and O–H groups in total. The van der Waals surface area contributed by atoms with Gasteiger partial charge < -0.3 is 9.05 Å². The molecule has 0 aliphatic heterocycles. The molecule has 0 spiro atoms. The topological polar surface area (TPSA) is 35.5 Å². The van der Waals surface area contributed by atoms with E-state index in [2.05, 4.69) is 25.1 Å². The van der Waals surface area contributed by atoms with E-state index in [1.165, 1.54) is 10.1 Å². The maximum atomic E-state index is 13.1. The summed E-state index contributed by atoms with van der Waals surface area (Å²) in [6.45, 7) is 6.63. The fourth-order valence-electron chi connectivity index (χ4n) is 2.47. The summed E-state index contributed by atoms with van der Waals surface area (Å²) in [6, 6.07) is 10.4. The predicted molar refractivity (Wildman–Crippen MR) is 90.3 cm³/mol. The quantitative estimate of drug-likeness (QED) is 0.557. The summed E-state index contributed by atoms with van der Waals surface area (Å²) in [6.07, 6.45) is 1.76. The van der Waals surface area contributed by atoms with E-state index in [0.717, 1.165) is 17.7 Å². The molecule has 1 atom stereocenters. The van der Waals surface area contributed by atoms with Crippen LogP contribution in [0.2, 0.25) is 0 Å². The van der Waals surface area contributed by atoms with E-state index in [9.17, 15) is 4.57 Å². The molecule has 116 valence electrons. The molecule has 21 heavy (non-hydrogen) atoms. The minimum absolute atomic E-state index is 0.167. The number of rotatable bonds is 8. The summed E-state index contributed by atoms with van der Waals surface area (Å²) in [4.78, 5) is 1.10. The summed E-state index contributed by atoms with van der Waals surface area (Å²) < 4.78 is 25.5. The van der Waals surface area contributed by atoms with Crippen molar-refractivity contribution >= 4 is 29.0 Å². The Bertz CT molecular complexity index is 580. The van der Waals surface area contributed by atoms with Crippen LogP contribution in [0, 0.1) is 0 Å². The highest BCUT2D eigenvalue weighted by Gasteiger charge is 2.37. The first-order valence-electron chi connectivity index (χ1n) is 7.51. The van der Waals surface area contributed by atoms with Crippen molar-refractivity contribution in [3.63, 3.8) is 0 Å². The summed E-state index contributed by atoms with van der Waals surface area (Å²) >= 11 is 1.69. The molecule has 1 unspecified atom stereocenters. The Kier molecular flexibility index (Phi) is 6.00. The number of benzene rings is 1. The van der Waals surface area contributed by atoms with E-state index in [1.807, 2.05) is 26.0 Å². The first kappa shape index (κ1) is 16.7. The maximum absolute atomic E-state index is 13.1. The van der Waals surface area contributed by atoms with E-state index >= 15 is 0 Å². The minimum Gasteiger partial charge on any atom is -0.308 e. The van der Waals surface area contributed by atoms with Crippen LogP contribution in [0.1, 0.15) is 44.1 Å². The van der Waals surface area contributed by atoms with E-state index < -0.39 is 7.60 Å². The van der Waals surface area contributed by atoms with Gasteiger partial charge in [0.15, 0.2) is 0 Å². The van der Waals surface area contributed by atoms with Crippen LogP contribution in [-0.2, 0) is 13.6 Å². The third-order valence-electron chi connectivity index (χ3n) is 3.33. The molecule has 3 nitrogen and oxygen atoms in total. The van der Waals surface area contributed by atoms with Crippen LogP contribution in [0.15, 0.2) is 30.3 Å². The molecule has 1 aromatic heterocycles. The van der Waals surface area contributed by atoms with Crippen LogP contribution in [0.25, 0.3) is 10.1 Å². The van der Waals surface area contributed by atoms with Crippen LogP contribution in [0.5, 0.6) is 0 Å². The Labute approximate surface area is 130 Å². The number of thiophene rings is 1. The van der Waals surface area contributed by atoms with Gasteiger partial charge >= 0.3 is 7.60 Å². The Morgan fingerprint density at radius 3 is 2.38 bits per heavy atom. The molecular weight excluding hydrogens is 303 g/mol. The molecule has 1 heterocycles. The van der Waals surface area contributed by atoms with Gasteiger partial charge in [-0.2, -0.15) is 0 Å². The van der Waals surface area contributed by atoms with Gasteiger partial charge in [-0.3, -0.25) is 4.57 Å². The standard InChI is InChI=1S/C16H23O3PS/c1-4-9-14(20(17,18-5-2)19-6-3)16-12-13-10-7-8-11-15(13)21-16/h7-8,10-12,14H,4-6,9H2,1-3H3. The van der Waals surface area contributed by atoms with Gasteiger partial charge in [-0.25, -0.2) is 0 Å². The van der Waals surface area contributed by atoms with Crippen LogP contribution < -0.4 is 0 Å². The second kappa shape index (κ2) is 7.55. The highest BCUT2D eigenvalue weighted by molar-refractivity contribution is 7.54. The SMILES string of the molecule is CCCC(c1cc2ccccc2s1)P(=O)(OCC)OCC. The zero-order valence-electron chi connectivity index (χ0n) is 12.9. The molecule has 2 aromatic rings. The van der Waals surface area contributed by atoms with Crippen molar-refractivity contribution in [2.75, 3.05) is 13.2 Å². The molecule has 2 rings (SSSR count). The van der Waals surface area contributed by atoms with Gasteiger partial charge in [0.05, 0.1) is 18.9 Å². The molecule has 0 amide bonds. The molecule has 5 heteroatoms. The maximum Gasteiger partial charge on any atom is 0.338 e. The van der Waals surface area contributed by atoms with Crippen LogP contribution in [0.3, 0.4) is 0 Å². The van der Waals surface area contributed by atoms with E-state index in [4.69, 9.17) is 9.05 Å². The van der Waals surface area contributed by atoms with Gasteiger partial charge in [-0.15, -0.1) is 11.3 Å². The zero-order valence-corrected chi connectivity index (χ0v) is 14.6. The zero-order chi connectivity index (χ0) is 15.3. The molecule has 0 saturated carbocycles. The van der Waals surface area contributed by atoms with E-state index in [0.29, 0.717) is 13.2 Å². The molecule has 0 bridgehead atoms. The fraction of sp³-hybridized carbons (Fsp3) is 0.500. The smallest absolute Gasteiger partial charge is 0.308 e. The Morgan fingerprint density at radius 1 is 1.14 bits per heavy atom. The molecule has 1 aromatic carbocycles. The molecule has 0 aliphatic rings. The monoisotopic (exact) mass is 326 g/mol. The second-order valence-corrected chi connectivity index (χ2v) is 8.20. The lowest BCUT2D eigenvalue weighted by atomic mass is 10.2. The summed E-state index contributed by atoms with van der Waals surface area (Å²) in [5, 5.41) is 1.19. The van der Waals surface area contributed by atoms with Gasteiger partial charge in [-0.1, -0.05) is 31.5 Å². The third-order valence-corrected chi connectivity index (χ3v) is 7.28. The Morgan fingerprint density at radius 2 is 1.81 bits per heavy atom. The van der Waals surface area contributed by atoms with Crippen molar-refractivity contribution in [1.82, 2.24) is 0 Å². The number of fused-ring (bicyclic) bond motifs is 1. The van der Waals surface area contributed by atoms with Crippen LogP contribution in [-0.4, -0.2) is 13.2 Å². The molecule has 0 saturated heterocycles. The second-order valence-electron chi connectivity index (χ2n) is 4.87. The molecular formula is C16H23O3PS. The normalized spacial score (nSPS) is 13.7. The van der Waals surface area contributed by atoms with Crippen LogP contribution >= 0.6 is 18.9 Å². The fourth-order valence-corrected chi connectivity index (χ4v) is 6.22. The van der Waals surface area contributed by atoms with Gasteiger partial charge in [0.25, 0.3) is 0 Å². The van der Waals surface area contributed by atoms with Crippen LogP contribution in [0.4, 0.5) is 0 Å². The lowest BCUT2D eigenvalue weighted by Gasteiger charge is -2.25. The lowest BCUT2D eigenvalue weighted by molar-refractivity contribution is 0.211. The number of hydrogen-bond acceptors (Lipinski definition) is 4. The lowest BCUT2D eigenvalue weighted by Crippen LogP contribution is -2.05. The molecule has 0 radical (unpaired) electrons. The van der Waals surface area contributed by atoms with E-state index in [-0.39, 0.29) is 5.66 Å². The van der Waals surface area contributed by atoms with Gasteiger partial charge in [0.2, 0.25) is 0 Å². The first-order valence-corrected chi connectivity index (χ1v) is 9.94. The van der Waals surface area contributed by atoms with Gasteiger partial charge in [-0.05, 0) is 37.8 Å². The minimum atomic E-state index is -3.11. The average Bonchev–Trinajstić information content (AvgIpc) is 2.88. The van der Waals surface area contributed by atoms with Crippen molar-refractivity contribution in [2.24, 2.45) is 0 Å². The van der Waals surface area contributed by atoms with Gasteiger partial charge in [0, 0.05) is 9.58 Å². The molecule has 0 fully saturated rings. The first-order chi connectivity index (χ1) is 10.1. The van der Waals surface area contributed by atoms with Crippen molar-refractivity contribution < 1.29 is 13.6 Å². The third kappa shape index (κ3) is 3.75. The molecule has 0 aliphatic carbocycles. The summed E-state index contributed by atoms with van der Waals surface area (Å²) in [5.74, 6) is 0. The van der Waals surface area contributed by atoms with E-state index in [1.54, 1.807) is 11.3 Å². The van der Waals surface area contributed by atoms with Gasteiger partial charge in [0.1, 0.15) is 0 Å². The van der Waals surface area contributed by atoms with Crippen molar-refractivity contribution in [1.29, 1.82) is 0 Å². The number of hydrogen-bond donors (Lipinski definition) is 0. The Hall–Kier alpha value is -0.670. The largest absolute Gasteiger partial charge is 0.338 e. The summed E-state index contributed by atoms with van der Waals surface area (Å²) in [5.41, 5.74) is -0.167. The average molecular weight is 326 g/mol. The predicted octanol–water partition coefficient (Wildman–Crippen LogP) is 6.01. The highest BCUT2D eigenvalue weighted by atomic mass is 32.1. The summed E-state index contributed by atoms with van der Waals surface area (Å²) in [7, 11) is -3.11.